The number of aliphatic hydroxyl groups is 2. The SMILES string of the molecule is CCCCC(=O)N(CCO)C1C=C(C(=O)NCCO)C2c3cccc(C)c3OC2C1. The van der Waals surface area contributed by atoms with E-state index in [-0.39, 0.29) is 56.2 Å². The van der Waals surface area contributed by atoms with E-state index in [9.17, 15) is 14.7 Å². The van der Waals surface area contributed by atoms with E-state index in [4.69, 9.17) is 9.84 Å². The minimum absolute atomic E-state index is 0.0209. The quantitative estimate of drug-likeness (QED) is 0.569. The van der Waals surface area contributed by atoms with Crippen LogP contribution < -0.4 is 10.1 Å². The van der Waals surface area contributed by atoms with Crippen LogP contribution in [0.1, 0.15) is 49.7 Å². The van der Waals surface area contributed by atoms with Crippen LogP contribution in [-0.2, 0) is 9.59 Å². The molecular formula is C23H32N2O5. The average Bonchev–Trinajstić information content (AvgIpc) is 3.13. The van der Waals surface area contributed by atoms with Crippen LogP contribution in [0.2, 0.25) is 0 Å². The zero-order valence-electron chi connectivity index (χ0n) is 17.8. The number of hydrogen-bond acceptors (Lipinski definition) is 5. The van der Waals surface area contributed by atoms with Gasteiger partial charge in [-0.05, 0) is 18.9 Å². The summed E-state index contributed by atoms with van der Waals surface area (Å²) in [7, 11) is 0. The lowest BCUT2D eigenvalue weighted by molar-refractivity contribution is -0.134. The first-order chi connectivity index (χ1) is 14.5. The smallest absolute Gasteiger partial charge is 0.247 e. The van der Waals surface area contributed by atoms with E-state index in [1.54, 1.807) is 4.90 Å². The van der Waals surface area contributed by atoms with Crippen LogP contribution in [0.25, 0.3) is 0 Å². The predicted molar refractivity (Wildman–Crippen MR) is 113 cm³/mol. The number of aryl methyl sites for hydroxylation is 1. The van der Waals surface area contributed by atoms with Gasteiger partial charge in [0.05, 0.1) is 25.2 Å². The van der Waals surface area contributed by atoms with E-state index in [2.05, 4.69) is 5.32 Å². The zero-order chi connectivity index (χ0) is 21.7. The summed E-state index contributed by atoms with van der Waals surface area (Å²) in [4.78, 5) is 27.4. The van der Waals surface area contributed by atoms with Gasteiger partial charge in [0.15, 0.2) is 0 Å². The van der Waals surface area contributed by atoms with E-state index in [1.165, 1.54) is 0 Å². The van der Waals surface area contributed by atoms with Gasteiger partial charge in [-0.25, -0.2) is 0 Å². The molecule has 1 aliphatic heterocycles. The Morgan fingerprint density at radius 3 is 2.77 bits per heavy atom. The van der Waals surface area contributed by atoms with Crippen molar-refractivity contribution in [2.45, 2.75) is 57.6 Å². The Bertz CT molecular complexity index is 807. The van der Waals surface area contributed by atoms with Crippen LogP contribution in [-0.4, -0.2) is 65.4 Å². The normalized spacial score (nSPS) is 21.9. The first kappa shape index (κ1) is 22.3. The van der Waals surface area contributed by atoms with Gasteiger partial charge >= 0.3 is 0 Å². The number of carbonyl (C=O) groups is 2. The molecule has 1 aromatic carbocycles. The van der Waals surface area contributed by atoms with Crippen LogP contribution in [0.3, 0.4) is 0 Å². The highest BCUT2D eigenvalue weighted by Crippen LogP contribution is 2.48. The fourth-order valence-electron chi connectivity index (χ4n) is 4.43. The maximum atomic E-state index is 13.0. The van der Waals surface area contributed by atoms with Gasteiger partial charge in [0.2, 0.25) is 11.8 Å². The molecule has 0 radical (unpaired) electrons. The van der Waals surface area contributed by atoms with Crippen LogP contribution in [0, 0.1) is 6.92 Å². The predicted octanol–water partition coefficient (Wildman–Crippen LogP) is 1.66. The van der Waals surface area contributed by atoms with Crippen molar-refractivity contribution in [1.29, 1.82) is 0 Å². The summed E-state index contributed by atoms with van der Waals surface area (Å²) in [6.45, 7) is 4.12. The molecule has 1 aliphatic carbocycles. The molecule has 0 aromatic heterocycles. The van der Waals surface area contributed by atoms with Crippen molar-refractivity contribution in [3.05, 3.63) is 41.0 Å². The summed E-state index contributed by atoms with van der Waals surface area (Å²) in [5, 5.41) is 21.4. The molecule has 0 saturated carbocycles. The van der Waals surface area contributed by atoms with Crippen molar-refractivity contribution < 1.29 is 24.5 Å². The fourth-order valence-corrected chi connectivity index (χ4v) is 4.43. The molecule has 7 nitrogen and oxygen atoms in total. The number of unbranched alkanes of at least 4 members (excludes halogenated alkanes) is 1. The van der Waals surface area contributed by atoms with E-state index in [0.717, 1.165) is 29.7 Å². The molecule has 0 fully saturated rings. The first-order valence-electron chi connectivity index (χ1n) is 10.8. The van der Waals surface area contributed by atoms with Crippen molar-refractivity contribution >= 4 is 11.8 Å². The highest BCUT2D eigenvalue weighted by atomic mass is 16.5. The van der Waals surface area contributed by atoms with Gasteiger partial charge in [-0.3, -0.25) is 9.59 Å². The van der Waals surface area contributed by atoms with Gasteiger partial charge in [-0.1, -0.05) is 37.6 Å². The van der Waals surface area contributed by atoms with Gasteiger partial charge < -0.3 is 25.2 Å². The Balaban J connectivity index is 1.96. The maximum Gasteiger partial charge on any atom is 0.247 e. The van der Waals surface area contributed by atoms with Gasteiger partial charge in [0, 0.05) is 37.1 Å². The highest BCUT2D eigenvalue weighted by molar-refractivity contribution is 5.96. The van der Waals surface area contributed by atoms with Crippen LogP contribution in [0.5, 0.6) is 5.75 Å². The number of para-hydroxylation sites is 1. The van der Waals surface area contributed by atoms with Crippen LogP contribution in [0.4, 0.5) is 0 Å². The molecular weight excluding hydrogens is 384 g/mol. The molecule has 0 spiro atoms. The average molecular weight is 417 g/mol. The Morgan fingerprint density at radius 2 is 2.07 bits per heavy atom. The molecule has 3 unspecified atom stereocenters. The van der Waals surface area contributed by atoms with E-state index < -0.39 is 0 Å². The van der Waals surface area contributed by atoms with Crippen LogP contribution >= 0.6 is 0 Å². The van der Waals surface area contributed by atoms with E-state index in [0.29, 0.717) is 18.4 Å². The Kier molecular flexibility index (Phi) is 7.50. The number of benzene rings is 1. The number of ether oxygens (including phenoxy) is 1. The summed E-state index contributed by atoms with van der Waals surface area (Å²) in [6, 6.07) is 5.60. The molecule has 0 bridgehead atoms. The minimum Gasteiger partial charge on any atom is -0.489 e. The second kappa shape index (κ2) is 10.1. The van der Waals surface area contributed by atoms with E-state index >= 15 is 0 Å². The van der Waals surface area contributed by atoms with Gasteiger partial charge in [-0.15, -0.1) is 0 Å². The number of aliphatic hydroxyl groups excluding tert-OH is 2. The lowest BCUT2D eigenvalue weighted by Crippen LogP contribution is -2.47. The molecule has 0 saturated heterocycles. The van der Waals surface area contributed by atoms with E-state index in [1.807, 2.05) is 38.1 Å². The third-order valence-corrected chi connectivity index (χ3v) is 5.86. The topological polar surface area (TPSA) is 99.1 Å². The standard InChI is InChI=1S/C23H32N2O5/c1-3-4-8-20(28)25(10-12-27)16-13-18(23(29)24-9-11-26)21-17-7-5-6-15(2)22(17)30-19(21)14-16/h5-7,13,16,19,21,26-27H,3-4,8-12,14H2,1-2H3,(H,24,29). The third-order valence-electron chi connectivity index (χ3n) is 5.86. The van der Waals surface area contributed by atoms with Crippen molar-refractivity contribution in [3.63, 3.8) is 0 Å². The number of hydrogen-bond donors (Lipinski definition) is 3. The third kappa shape index (κ3) is 4.52. The van der Waals surface area contributed by atoms with Gasteiger partial charge in [-0.2, -0.15) is 0 Å². The van der Waals surface area contributed by atoms with Crippen LogP contribution in [0.15, 0.2) is 29.8 Å². The molecule has 164 valence electrons. The lowest BCUT2D eigenvalue weighted by Gasteiger charge is -2.37. The highest BCUT2D eigenvalue weighted by Gasteiger charge is 2.45. The monoisotopic (exact) mass is 416 g/mol. The van der Waals surface area contributed by atoms with Crippen molar-refractivity contribution in [2.75, 3.05) is 26.3 Å². The van der Waals surface area contributed by atoms with Gasteiger partial charge in [0.25, 0.3) is 0 Å². The number of nitrogens with zero attached hydrogens (tertiary/aromatic N) is 1. The molecule has 2 amide bonds. The summed E-state index contributed by atoms with van der Waals surface area (Å²) in [6.07, 6.45) is 4.28. The number of carbonyl (C=O) groups excluding carboxylic acids is 2. The lowest BCUT2D eigenvalue weighted by atomic mass is 9.79. The molecule has 7 heteroatoms. The summed E-state index contributed by atoms with van der Waals surface area (Å²) < 4.78 is 6.28. The zero-order valence-corrected chi connectivity index (χ0v) is 17.8. The summed E-state index contributed by atoms with van der Waals surface area (Å²) >= 11 is 0. The molecule has 3 rings (SSSR count). The Hall–Kier alpha value is -2.38. The number of amides is 2. The number of nitrogens with one attached hydrogen (secondary N) is 1. The molecule has 3 atom stereocenters. The Labute approximate surface area is 177 Å². The first-order valence-corrected chi connectivity index (χ1v) is 10.8. The summed E-state index contributed by atoms with van der Waals surface area (Å²) in [5.41, 5.74) is 2.55. The maximum absolute atomic E-state index is 13.0. The largest absolute Gasteiger partial charge is 0.489 e. The fraction of sp³-hybridized carbons (Fsp3) is 0.565. The summed E-state index contributed by atoms with van der Waals surface area (Å²) in [5.74, 6) is 0.315. The molecule has 2 aliphatic rings. The Morgan fingerprint density at radius 1 is 1.27 bits per heavy atom. The second-order valence-corrected chi connectivity index (χ2v) is 7.95. The number of rotatable bonds is 9. The molecule has 1 heterocycles. The van der Waals surface area contributed by atoms with Crippen molar-refractivity contribution in [3.8, 4) is 5.75 Å². The minimum atomic E-state index is -0.327. The molecule has 3 N–H and O–H groups in total. The molecule has 30 heavy (non-hydrogen) atoms. The molecule has 1 aromatic rings. The van der Waals surface area contributed by atoms with Crippen molar-refractivity contribution in [1.82, 2.24) is 10.2 Å². The number of fused-ring (bicyclic) bond motifs is 3. The van der Waals surface area contributed by atoms with Crippen molar-refractivity contribution in [2.24, 2.45) is 0 Å². The second-order valence-electron chi connectivity index (χ2n) is 7.95. The van der Waals surface area contributed by atoms with Gasteiger partial charge in [0.1, 0.15) is 11.9 Å².